The number of hydrogen-bond acceptors (Lipinski definition) is 4. The molecule has 1 aliphatic heterocycles. The van der Waals surface area contributed by atoms with Crippen molar-refractivity contribution in [1.82, 2.24) is 15.4 Å². The molecule has 2 heterocycles. The predicted molar refractivity (Wildman–Crippen MR) is 82.5 cm³/mol. The molecule has 6 nitrogen and oxygen atoms in total. The lowest BCUT2D eigenvalue weighted by atomic mass is 10.0. The summed E-state index contributed by atoms with van der Waals surface area (Å²) in [7, 11) is 0. The number of aliphatic hydroxyl groups is 1. The molecule has 118 valence electrons. The number of aromatic nitrogens is 1. The van der Waals surface area contributed by atoms with E-state index in [2.05, 4.69) is 10.5 Å². The first-order valence-corrected chi connectivity index (χ1v) is 7.71. The number of nitrogens with one attached hydrogen (secondary N) is 1. The summed E-state index contributed by atoms with van der Waals surface area (Å²) in [5.74, 6) is 0. The molecule has 1 aliphatic rings. The smallest absolute Gasteiger partial charge is 0.317 e. The number of piperidine rings is 1. The van der Waals surface area contributed by atoms with Crippen LogP contribution in [0, 0.1) is 0 Å². The van der Waals surface area contributed by atoms with Crippen LogP contribution in [0.5, 0.6) is 0 Å². The zero-order chi connectivity index (χ0) is 15.5. The molecule has 22 heavy (non-hydrogen) atoms. The maximum absolute atomic E-state index is 12.2. The molecule has 0 radical (unpaired) electrons. The van der Waals surface area contributed by atoms with Gasteiger partial charge in [0.25, 0.3) is 0 Å². The maximum atomic E-state index is 12.2. The second kappa shape index (κ2) is 6.36. The molecule has 2 aromatic rings. The highest BCUT2D eigenvalue weighted by Gasteiger charge is 2.27. The van der Waals surface area contributed by atoms with Crippen LogP contribution in [0.25, 0.3) is 11.0 Å². The average Bonchev–Trinajstić information content (AvgIpc) is 2.90. The average molecular weight is 303 g/mol. The number of carbonyl (C=O) groups is 1. The molecule has 2 N–H and O–H groups in total. The highest BCUT2D eigenvalue weighted by atomic mass is 16.5. The number of benzene rings is 1. The molecule has 3 rings (SSSR count). The molecular weight excluding hydrogens is 282 g/mol. The number of urea groups is 1. The molecule has 0 spiro atoms. The van der Waals surface area contributed by atoms with E-state index in [9.17, 15) is 9.90 Å². The SMILES string of the molecule is C[C@@H]1C[C@H](O)CCN1C(=O)NCCc1noc2ccccc12. The van der Waals surface area contributed by atoms with Crippen molar-refractivity contribution in [3.8, 4) is 0 Å². The minimum absolute atomic E-state index is 0.0663. The Hall–Kier alpha value is -2.08. The van der Waals surface area contributed by atoms with Gasteiger partial charge in [-0.05, 0) is 31.9 Å². The van der Waals surface area contributed by atoms with Gasteiger partial charge in [-0.3, -0.25) is 0 Å². The van der Waals surface area contributed by atoms with E-state index in [-0.39, 0.29) is 18.2 Å². The lowest BCUT2D eigenvalue weighted by molar-refractivity contribution is 0.0651. The zero-order valence-corrected chi connectivity index (χ0v) is 12.7. The van der Waals surface area contributed by atoms with Crippen LogP contribution in [0.2, 0.25) is 0 Å². The Kier molecular flexibility index (Phi) is 4.29. The van der Waals surface area contributed by atoms with Gasteiger partial charge in [0.2, 0.25) is 0 Å². The number of hydrogen-bond donors (Lipinski definition) is 2. The van der Waals surface area contributed by atoms with E-state index in [0.29, 0.717) is 32.4 Å². The summed E-state index contributed by atoms with van der Waals surface area (Å²) in [5, 5.41) is 17.6. The fourth-order valence-electron chi connectivity index (χ4n) is 2.96. The van der Waals surface area contributed by atoms with Crippen LogP contribution in [0.3, 0.4) is 0 Å². The number of para-hydroxylation sites is 1. The zero-order valence-electron chi connectivity index (χ0n) is 12.7. The molecule has 1 fully saturated rings. The summed E-state index contributed by atoms with van der Waals surface area (Å²) in [6, 6.07) is 7.69. The molecule has 2 atom stereocenters. The van der Waals surface area contributed by atoms with Crippen LogP contribution in [0.1, 0.15) is 25.5 Å². The fraction of sp³-hybridized carbons (Fsp3) is 0.500. The van der Waals surface area contributed by atoms with Crippen LogP contribution < -0.4 is 5.32 Å². The van der Waals surface area contributed by atoms with Crippen molar-refractivity contribution in [1.29, 1.82) is 0 Å². The minimum atomic E-state index is -0.291. The van der Waals surface area contributed by atoms with E-state index in [1.807, 2.05) is 31.2 Å². The van der Waals surface area contributed by atoms with Gasteiger partial charge in [-0.15, -0.1) is 0 Å². The van der Waals surface area contributed by atoms with Gasteiger partial charge >= 0.3 is 6.03 Å². The molecule has 0 bridgehead atoms. The first kappa shape index (κ1) is 14.8. The summed E-state index contributed by atoms with van der Waals surface area (Å²) in [4.78, 5) is 14.0. The molecule has 1 saturated heterocycles. The van der Waals surface area contributed by atoms with E-state index in [0.717, 1.165) is 16.7 Å². The van der Waals surface area contributed by atoms with Crippen molar-refractivity contribution in [2.45, 2.75) is 38.3 Å². The number of likely N-dealkylation sites (tertiary alicyclic amines) is 1. The van der Waals surface area contributed by atoms with E-state index in [1.165, 1.54) is 0 Å². The molecule has 6 heteroatoms. The number of aliphatic hydroxyl groups excluding tert-OH is 1. The van der Waals surface area contributed by atoms with E-state index < -0.39 is 0 Å². The minimum Gasteiger partial charge on any atom is -0.393 e. The van der Waals surface area contributed by atoms with Gasteiger partial charge in [-0.25, -0.2) is 4.79 Å². The molecule has 1 aromatic carbocycles. The molecule has 0 saturated carbocycles. The third-order valence-corrected chi connectivity index (χ3v) is 4.20. The molecule has 2 amide bonds. The second-order valence-corrected chi connectivity index (χ2v) is 5.83. The summed E-state index contributed by atoms with van der Waals surface area (Å²) >= 11 is 0. The first-order chi connectivity index (χ1) is 10.6. The van der Waals surface area contributed by atoms with E-state index >= 15 is 0 Å². The normalized spacial score (nSPS) is 22.0. The van der Waals surface area contributed by atoms with Gasteiger partial charge in [0.15, 0.2) is 5.58 Å². The predicted octanol–water partition coefficient (Wildman–Crippen LogP) is 1.93. The summed E-state index contributed by atoms with van der Waals surface area (Å²) in [6.45, 7) is 3.08. The van der Waals surface area contributed by atoms with Crippen LogP contribution in [0.15, 0.2) is 28.8 Å². The summed E-state index contributed by atoms with van der Waals surface area (Å²) < 4.78 is 5.25. The second-order valence-electron chi connectivity index (χ2n) is 5.83. The van der Waals surface area contributed by atoms with Gasteiger partial charge in [0, 0.05) is 30.9 Å². The Morgan fingerprint density at radius 3 is 3.14 bits per heavy atom. The summed E-state index contributed by atoms with van der Waals surface area (Å²) in [5.41, 5.74) is 1.63. The Morgan fingerprint density at radius 1 is 1.50 bits per heavy atom. The van der Waals surface area contributed by atoms with Crippen molar-refractivity contribution in [2.24, 2.45) is 0 Å². The Balaban J connectivity index is 1.53. The van der Waals surface area contributed by atoms with Gasteiger partial charge in [0.1, 0.15) is 0 Å². The Morgan fingerprint density at radius 2 is 2.32 bits per heavy atom. The lowest BCUT2D eigenvalue weighted by Crippen LogP contribution is -2.50. The molecule has 0 unspecified atom stereocenters. The molecule has 0 aliphatic carbocycles. The third kappa shape index (κ3) is 3.06. The van der Waals surface area contributed by atoms with Crippen molar-refractivity contribution in [2.75, 3.05) is 13.1 Å². The largest absolute Gasteiger partial charge is 0.393 e. The van der Waals surface area contributed by atoms with Crippen molar-refractivity contribution >= 4 is 17.0 Å². The molecule has 1 aromatic heterocycles. The number of carbonyl (C=O) groups excluding carboxylic acids is 1. The lowest BCUT2D eigenvalue weighted by Gasteiger charge is -2.35. The number of nitrogens with zero attached hydrogens (tertiary/aromatic N) is 2. The van der Waals surface area contributed by atoms with Crippen LogP contribution in [0.4, 0.5) is 4.79 Å². The van der Waals surface area contributed by atoms with Crippen LogP contribution in [-0.4, -0.2) is 46.4 Å². The highest BCUT2D eigenvalue weighted by molar-refractivity contribution is 5.79. The monoisotopic (exact) mass is 303 g/mol. The standard InChI is InChI=1S/C16H21N3O3/c1-11-10-12(20)7-9-19(11)16(21)17-8-6-14-13-4-2-3-5-15(13)22-18-14/h2-5,11-12,20H,6-10H2,1H3,(H,17,21)/t11-,12-/m1/s1. The number of amides is 2. The number of rotatable bonds is 3. The highest BCUT2D eigenvalue weighted by Crippen LogP contribution is 2.18. The third-order valence-electron chi connectivity index (χ3n) is 4.20. The van der Waals surface area contributed by atoms with Crippen molar-refractivity contribution in [3.05, 3.63) is 30.0 Å². The van der Waals surface area contributed by atoms with Crippen molar-refractivity contribution < 1.29 is 14.4 Å². The van der Waals surface area contributed by atoms with E-state index in [1.54, 1.807) is 4.90 Å². The first-order valence-electron chi connectivity index (χ1n) is 7.71. The Bertz CT molecular complexity index is 655. The van der Waals surface area contributed by atoms with Crippen LogP contribution >= 0.6 is 0 Å². The number of fused-ring (bicyclic) bond motifs is 1. The van der Waals surface area contributed by atoms with Crippen molar-refractivity contribution in [3.63, 3.8) is 0 Å². The Labute approximate surface area is 129 Å². The maximum Gasteiger partial charge on any atom is 0.317 e. The van der Waals surface area contributed by atoms with Gasteiger partial charge in [-0.1, -0.05) is 17.3 Å². The summed E-state index contributed by atoms with van der Waals surface area (Å²) in [6.07, 6.45) is 1.63. The van der Waals surface area contributed by atoms with Gasteiger partial charge in [0.05, 0.1) is 11.8 Å². The van der Waals surface area contributed by atoms with Crippen LogP contribution in [-0.2, 0) is 6.42 Å². The molecular formula is C16H21N3O3. The van der Waals surface area contributed by atoms with E-state index in [4.69, 9.17) is 4.52 Å². The topological polar surface area (TPSA) is 78.6 Å². The quantitative estimate of drug-likeness (QED) is 0.908. The van der Waals surface area contributed by atoms with Gasteiger partial charge in [-0.2, -0.15) is 0 Å². The van der Waals surface area contributed by atoms with Gasteiger partial charge < -0.3 is 19.8 Å². The fourth-order valence-corrected chi connectivity index (χ4v) is 2.96.